The third-order valence-corrected chi connectivity index (χ3v) is 5.91. The molecule has 2 N–H and O–H groups in total. The monoisotopic (exact) mass is 425 g/mol. The number of phenols is 1. The van der Waals surface area contributed by atoms with Gasteiger partial charge in [-0.3, -0.25) is 9.59 Å². The van der Waals surface area contributed by atoms with Gasteiger partial charge >= 0.3 is 5.97 Å². The fourth-order valence-corrected chi connectivity index (χ4v) is 4.26. The van der Waals surface area contributed by atoms with Crippen molar-refractivity contribution in [3.05, 3.63) is 47.0 Å². The van der Waals surface area contributed by atoms with Gasteiger partial charge in [-0.15, -0.1) is 11.3 Å². The highest BCUT2D eigenvalue weighted by atomic mass is 32.1. The summed E-state index contributed by atoms with van der Waals surface area (Å²) in [5.41, 5.74) is 1.87. The first-order valence-corrected chi connectivity index (χ1v) is 10.1. The second kappa shape index (κ2) is 7.75. The Morgan fingerprint density at radius 3 is 2.80 bits per heavy atom. The Kier molecular flexibility index (Phi) is 5.13. The van der Waals surface area contributed by atoms with Crippen LogP contribution in [0.5, 0.6) is 5.75 Å². The number of fused-ring (bicyclic) bond motifs is 1. The number of hydrogen-bond donors (Lipinski definition) is 2. The highest BCUT2D eigenvalue weighted by Gasteiger charge is 2.35. The van der Waals surface area contributed by atoms with E-state index in [2.05, 4.69) is 15.0 Å². The van der Waals surface area contributed by atoms with E-state index < -0.39 is 11.9 Å². The maximum absolute atomic E-state index is 12.7. The van der Waals surface area contributed by atoms with E-state index in [0.717, 1.165) is 15.2 Å². The lowest BCUT2D eigenvalue weighted by atomic mass is 10.1. The number of rotatable bonds is 4. The lowest BCUT2D eigenvalue weighted by Gasteiger charge is -2.17. The highest BCUT2D eigenvalue weighted by Crippen LogP contribution is 2.31. The Hall–Kier alpha value is -3.46. The number of amides is 2. The zero-order chi connectivity index (χ0) is 21.4. The molecule has 0 aliphatic carbocycles. The van der Waals surface area contributed by atoms with E-state index in [0.29, 0.717) is 5.69 Å². The molecule has 0 radical (unpaired) electrons. The number of thiazole rings is 1. The summed E-state index contributed by atoms with van der Waals surface area (Å²) in [4.78, 5) is 42.8. The van der Waals surface area contributed by atoms with E-state index in [1.807, 2.05) is 25.1 Å². The Labute approximate surface area is 176 Å². The molecule has 2 aromatic carbocycles. The molecular formula is C21H19N3O5S. The van der Waals surface area contributed by atoms with E-state index >= 15 is 0 Å². The molecular weight excluding hydrogens is 406 g/mol. The summed E-state index contributed by atoms with van der Waals surface area (Å²) in [6.07, 6.45) is 0.0704. The molecule has 8 nitrogen and oxygen atoms in total. The van der Waals surface area contributed by atoms with Gasteiger partial charge in [0, 0.05) is 18.7 Å². The zero-order valence-corrected chi connectivity index (χ0v) is 17.2. The number of hydrogen-bond acceptors (Lipinski definition) is 7. The third-order valence-electron chi connectivity index (χ3n) is 4.96. The van der Waals surface area contributed by atoms with Gasteiger partial charge < -0.3 is 20.1 Å². The van der Waals surface area contributed by atoms with E-state index in [1.165, 1.54) is 25.3 Å². The molecule has 1 aliphatic heterocycles. The summed E-state index contributed by atoms with van der Waals surface area (Å²) in [5.74, 6) is -1.93. The van der Waals surface area contributed by atoms with Crippen molar-refractivity contribution < 1.29 is 24.2 Å². The van der Waals surface area contributed by atoms with Crippen LogP contribution >= 0.6 is 11.3 Å². The molecule has 2 heterocycles. The second-order valence-corrected chi connectivity index (χ2v) is 8.24. The molecule has 30 heavy (non-hydrogen) atoms. The number of methoxy groups -OCH3 is 1. The van der Waals surface area contributed by atoms with Crippen molar-refractivity contribution in [2.75, 3.05) is 23.9 Å². The Bertz CT molecular complexity index is 1170. The summed E-state index contributed by atoms with van der Waals surface area (Å²) in [6.45, 7) is 2.17. The maximum atomic E-state index is 12.7. The molecule has 1 atom stereocenters. The average molecular weight is 425 g/mol. The molecule has 0 saturated carbocycles. The summed E-state index contributed by atoms with van der Waals surface area (Å²) in [5, 5.41) is 13.7. The summed E-state index contributed by atoms with van der Waals surface area (Å²) >= 11 is 1.59. The van der Waals surface area contributed by atoms with Crippen molar-refractivity contribution in [3.63, 3.8) is 0 Å². The molecule has 0 spiro atoms. The molecule has 1 fully saturated rings. The van der Waals surface area contributed by atoms with Gasteiger partial charge in [0.05, 0.1) is 39.5 Å². The van der Waals surface area contributed by atoms with Gasteiger partial charge in [0.25, 0.3) is 0 Å². The highest BCUT2D eigenvalue weighted by molar-refractivity contribution is 7.18. The topological polar surface area (TPSA) is 109 Å². The minimum atomic E-state index is -0.590. The largest absolute Gasteiger partial charge is 0.506 e. The number of anilines is 2. The Morgan fingerprint density at radius 1 is 1.27 bits per heavy atom. The van der Waals surface area contributed by atoms with Crippen LogP contribution in [-0.2, 0) is 14.3 Å². The van der Waals surface area contributed by atoms with Crippen LogP contribution in [0.2, 0.25) is 0 Å². The lowest BCUT2D eigenvalue weighted by molar-refractivity contribution is -0.122. The van der Waals surface area contributed by atoms with Crippen LogP contribution in [0.25, 0.3) is 10.2 Å². The van der Waals surface area contributed by atoms with Crippen LogP contribution in [-0.4, -0.2) is 41.5 Å². The number of carbonyl (C=O) groups is 3. The Morgan fingerprint density at radius 2 is 2.07 bits per heavy atom. The molecule has 154 valence electrons. The van der Waals surface area contributed by atoms with Crippen molar-refractivity contribution in [1.29, 1.82) is 0 Å². The molecule has 0 bridgehead atoms. The van der Waals surface area contributed by atoms with Crippen LogP contribution < -0.4 is 10.2 Å². The van der Waals surface area contributed by atoms with Crippen LogP contribution in [0.3, 0.4) is 0 Å². The molecule has 1 aliphatic rings. The predicted molar refractivity (Wildman–Crippen MR) is 113 cm³/mol. The van der Waals surface area contributed by atoms with Gasteiger partial charge in [-0.05, 0) is 43.3 Å². The van der Waals surface area contributed by atoms with Crippen molar-refractivity contribution in [3.8, 4) is 5.75 Å². The van der Waals surface area contributed by atoms with Crippen molar-refractivity contribution >= 4 is 50.7 Å². The SMILES string of the molecule is COC(=O)c1ccc(NC(=O)C2CC(=O)N(c3ccc4sc(C)nc4c3)C2)c(O)c1. The van der Waals surface area contributed by atoms with Crippen molar-refractivity contribution in [2.24, 2.45) is 5.92 Å². The van der Waals surface area contributed by atoms with Gasteiger partial charge in [-0.1, -0.05) is 0 Å². The molecule has 1 aromatic heterocycles. The van der Waals surface area contributed by atoms with Gasteiger partial charge in [0.2, 0.25) is 11.8 Å². The summed E-state index contributed by atoms with van der Waals surface area (Å²) in [6, 6.07) is 9.73. The first-order valence-electron chi connectivity index (χ1n) is 9.25. The van der Waals surface area contributed by atoms with Crippen LogP contribution in [0, 0.1) is 12.8 Å². The minimum Gasteiger partial charge on any atom is -0.506 e. The third kappa shape index (κ3) is 3.71. The predicted octanol–water partition coefficient (Wildman–Crippen LogP) is 3.09. The number of aryl methyl sites for hydroxylation is 1. The number of esters is 1. The van der Waals surface area contributed by atoms with Gasteiger partial charge in [0.1, 0.15) is 5.75 Å². The quantitative estimate of drug-likeness (QED) is 0.491. The Balaban J connectivity index is 1.48. The van der Waals surface area contributed by atoms with Crippen LogP contribution in [0.4, 0.5) is 11.4 Å². The lowest BCUT2D eigenvalue weighted by Crippen LogP contribution is -2.28. The number of benzene rings is 2. The fraction of sp³-hybridized carbons (Fsp3) is 0.238. The van der Waals surface area contributed by atoms with Gasteiger partial charge in [-0.25, -0.2) is 9.78 Å². The number of ether oxygens (including phenoxy) is 1. The average Bonchev–Trinajstić information content (AvgIpc) is 3.29. The van der Waals surface area contributed by atoms with E-state index in [9.17, 15) is 19.5 Å². The molecule has 2 amide bonds. The zero-order valence-electron chi connectivity index (χ0n) is 16.3. The number of phenolic OH excluding ortho intramolecular Hbond substituents is 1. The maximum Gasteiger partial charge on any atom is 0.337 e. The number of aromatic hydroxyl groups is 1. The second-order valence-electron chi connectivity index (χ2n) is 7.00. The van der Waals surface area contributed by atoms with Crippen molar-refractivity contribution in [1.82, 2.24) is 4.98 Å². The standard InChI is InChI=1S/C21H19N3O5S/c1-11-22-16-9-14(4-6-18(16)30-11)24-10-13(8-19(24)26)20(27)23-15-5-3-12(7-17(15)25)21(28)29-2/h3-7,9,13,25H,8,10H2,1-2H3,(H,23,27). The van der Waals surface area contributed by atoms with Gasteiger partial charge in [0.15, 0.2) is 0 Å². The smallest absolute Gasteiger partial charge is 0.337 e. The minimum absolute atomic E-state index is 0.0704. The summed E-state index contributed by atoms with van der Waals surface area (Å²) in [7, 11) is 1.24. The molecule has 3 aromatic rings. The normalized spacial score (nSPS) is 16.1. The van der Waals surface area contributed by atoms with Crippen molar-refractivity contribution in [2.45, 2.75) is 13.3 Å². The van der Waals surface area contributed by atoms with Crippen LogP contribution in [0.1, 0.15) is 21.8 Å². The number of carbonyl (C=O) groups excluding carboxylic acids is 3. The van der Waals surface area contributed by atoms with Gasteiger partial charge in [-0.2, -0.15) is 0 Å². The summed E-state index contributed by atoms with van der Waals surface area (Å²) < 4.78 is 5.65. The molecule has 1 unspecified atom stereocenters. The first-order chi connectivity index (χ1) is 14.4. The first kappa shape index (κ1) is 19.8. The molecule has 9 heteroatoms. The van der Waals surface area contributed by atoms with E-state index in [4.69, 9.17) is 0 Å². The number of nitrogens with zero attached hydrogens (tertiary/aromatic N) is 2. The molecule has 4 rings (SSSR count). The van der Waals surface area contributed by atoms with E-state index in [-0.39, 0.29) is 41.8 Å². The molecule has 1 saturated heterocycles. The fourth-order valence-electron chi connectivity index (χ4n) is 3.45. The number of aromatic nitrogens is 1. The number of nitrogens with one attached hydrogen (secondary N) is 1. The van der Waals surface area contributed by atoms with E-state index in [1.54, 1.807) is 16.2 Å². The van der Waals surface area contributed by atoms with Crippen LogP contribution in [0.15, 0.2) is 36.4 Å².